The molecule has 0 bridgehead atoms. The van der Waals surface area contributed by atoms with Crippen LogP contribution in [0.2, 0.25) is 0 Å². The van der Waals surface area contributed by atoms with Crippen LogP contribution < -0.4 is 4.72 Å². The Balaban J connectivity index is 2.00. The Morgan fingerprint density at radius 3 is 2.32 bits per heavy atom. The molecule has 1 aromatic heterocycles. The lowest BCUT2D eigenvalue weighted by molar-refractivity contribution is 0.411. The number of hydrogen-bond donors (Lipinski definition) is 1. The Labute approximate surface area is 143 Å². The molecule has 1 N–H and O–H groups in total. The van der Waals surface area contributed by atoms with Gasteiger partial charge < -0.3 is 4.42 Å². The highest BCUT2D eigenvalue weighted by Crippen LogP contribution is 2.28. The maximum absolute atomic E-state index is 13.7. The standard InChI is InChI=1S/C17H16F2N2O3S/c1-17(2,3)16-20-13-9-10(7-8-14(13)24-16)21-25(22,23)15-11(18)5-4-6-12(15)19/h4-9,21H,1-3H3. The van der Waals surface area contributed by atoms with Crippen molar-refractivity contribution in [2.24, 2.45) is 0 Å². The van der Waals surface area contributed by atoms with Crippen molar-refractivity contribution in [3.63, 3.8) is 0 Å². The minimum atomic E-state index is -4.42. The van der Waals surface area contributed by atoms with E-state index in [4.69, 9.17) is 4.42 Å². The second kappa shape index (κ2) is 5.80. The number of halogens is 2. The first-order chi connectivity index (χ1) is 11.6. The van der Waals surface area contributed by atoms with Gasteiger partial charge in [-0.25, -0.2) is 22.2 Å². The van der Waals surface area contributed by atoms with Crippen LogP contribution in [-0.4, -0.2) is 13.4 Å². The summed E-state index contributed by atoms with van der Waals surface area (Å²) in [5.41, 5.74) is 0.752. The van der Waals surface area contributed by atoms with E-state index in [1.807, 2.05) is 20.8 Å². The largest absolute Gasteiger partial charge is 0.440 e. The maximum Gasteiger partial charge on any atom is 0.267 e. The van der Waals surface area contributed by atoms with Crippen LogP contribution in [0.1, 0.15) is 26.7 Å². The Morgan fingerprint density at radius 1 is 1.08 bits per heavy atom. The topological polar surface area (TPSA) is 72.2 Å². The lowest BCUT2D eigenvalue weighted by Crippen LogP contribution is -2.16. The second-order valence-electron chi connectivity index (χ2n) is 6.61. The van der Waals surface area contributed by atoms with Gasteiger partial charge in [-0.1, -0.05) is 26.8 Å². The van der Waals surface area contributed by atoms with E-state index in [1.165, 1.54) is 12.1 Å². The summed E-state index contributed by atoms with van der Waals surface area (Å²) in [5.74, 6) is -1.82. The van der Waals surface area contributed by atoms with E-state index in [1.54, 1.807) is 6.07 Å². The first-order valence-electron chi connectivity index (χ1n) is 7.46. The van der Waals surface area contributed by atoms with Crippen LogP contribution in [0.3, 0.4) is 0 Å². The van der Waals surface area contributed by atoms with Crippen molar-refractivity contribution in [1.29, 1.82) is 0 Å². The number of hydrogen-bond acceptors (Lipinski definition) is 4. The molecule has 5 nitrogen and oxygen atoms in total. The molecular formula is C17H16F2N2O3S. The SMILES string of the molecule is CC(C)(C)c1nc2cc(NS(=O)(=O)c3c(F)cccc3F)ccc2o1. The van der Waals surface area contributed by atoms with Gasteiger partial charge in [0.1, 0.15) is 17.2 Å². The molecule has 0 aliphatic rings. The molecule has 3 rings (SSSR count). The van der Waals surface area contributed by atoms with E-state index in [0.717, 1.165) is 18.2 Å². The zero-order valence-corrected chi connectivity index (χ0v) is 14.6. The number of anilines is 1. The van der Waals surface area contributed by atoms with Gasteiger partial charge in [-0.3, -0.25) is 4.72 Å². The molecule has 0 radical (unpaired) electrons. The highest BCUT2D eigenvalue weighted by Gasteiger charge is 2.25. The van der Waals surface area contributed by atoms with Crippen molar-refractivity contribution < 1.29 is 21.6 Å². The molecule has 132 valence electrons. The van der Waals surface area contributed by atoms with E-state index in [9.17, 15) is 17.2 Å². The first-order valence-corrected chi connectivity index (χ1v) is 8.94. The molecule has 8 heteroatoms. The molecule has 2 aromatic carbocycles. The van der Waals surface area contributed by atoms with Crippen LogP contribution in [0.15, 0.2) is 45.7 Å². The normalized spacial score (nSPS) is 12.5. The lowest BCUT2D eigenvalue weighted by Gasteiger charge is -2.11. The predicted octanol–water partition coefficient (Wildman–Crippen LogP) is 4.20. The summed E-state index contributed by atoms with van der Waals surface area (Å²) in [6, 6.07) is 7.30. The molecule has 0 aliphatic heterocycles. The molecule has 25 heavy (non-hydrogen) atoms. The zero-order valence-electron chi connectivity index (χ0n) is 13.8. The molecule has 3 aromatic rings. The van der Waals surface area contributed by atoms with E-state index in [0.29, 0.717) is 17.0 Å². The minimum Gasteiger partial charge on any atom is -0.440 e. The average Bonchev–Trinajstić information content (AvgIpc) is 2.89. The van der Waals surface area contributed by atoms with Crippen molar-refractivity contribution in [2.75, 3.05) is 4.72 Å². The van der Waals surface area contributed by atoms with Gasteiger partial charge in [0.2, 0.25) is 5.89 Å². The third-order valence-corrected chi connectivity index (χ3v) is 4.90. The van der Waals surface area contributed by atoms with Gasteiger partial charge in [-0.05, 0) is 30.3 Å². The van der Waals surface area contributed by atoms with Crippen molar-refractivity contribution in [3.8, 4) is 0 Å². The molecule has 0 aliphatic carbocycles. The van der Waals surface area contributed by atoms with Crippen molar-refractivity contribution in [1.82, 2.24) is 4.98 Å². The highest BCUT2D eigenvalue weighted by atomic mass is 32.2. The van der Waals surface area contributed by atoms with Gasteiger partial charge in [-0.2, -0.15) is 0 Å². The van der Waals surface area contributed by atoms with E-state index < -0.39 is 26.6 Å². The molecular weight excluding hydrogens is 350 g/mol. The predicted molar refractivity (Wildman–Crippen MR) is 89.9 cm³/mol. The fraction of sp³-hybridized carbons (Fsp3) is 0.235. The van der Waals surface area contributed by atoms with Crippen molar-refractivity contribution >= 4 is 26.8 Å². The van der Waals surface area contributed by atoms with E-state index >= 15 is 0 Å². The van der Waals surface area contributed by atoms with E-state index in [2.05, 4.69) is 9.71 Å². The average molecular weight is 366 g/mol. The number of rotatable bonds is 3. The first kappa shape index (κ1) is 17.3. The van der Waals surface area contributed by atoms with Gasteiger partial charge in [0.05, 0.1) is 5.69 Å². The van der Waals surface area contributed by atoms with Crippen LogP contribution in [-0.2, 0) is 15.4 Å². The monoisotopic (exact) mass is 366 g/mol. The molecule has 0 saturated heterocycles. The van der Waals surface area contributed by atoms with Crippen molar-refractivity contribution in [2.45, 2.75) is 31.1 Å². The van der Waals surface area contributed by atoms with Crippen molar-refractivity contribution in [3.05, 3.63) is 53.9 Å². The summed E-state index contributed by atoms with van der Waals surface area (Å²) in [7, 11) is -4.42. The Kier molecular flexibility index (Phi) is 4.03. The number of fused-ring (bicyclic) bond motifs is 1. The van der Waals surface area contributed by atoms with Crippen LogP contribution in [0.5, 0.6) is 0 Å². The summed E-state index contributed by atoms with van der Waals surface area (Å²) in [5, 5.41) is 0. The maximum atomic E-state index is 13.7. The van der Waals surface area contributed by atoms with Gasteiger partial charge in [0.25, 0.3) is 10.0 Å². The smallest absolute Gasteiger partial charge is 0.267 e. The van der Waals surface area contributed by atoms with Crippen LogP contribution in [0, 0.1) is 11.6 Å². The molecule has 0 amide bonds. The minimum absolute atomic E-state index is 0.129. The van der Waals surface area contributed by atoms with Gasteiger partial charge in [-0.15, -0.1) is 0 Å². The number of sulfonamides is 1. The molecule has 0 atom stereocenters. The summed E-state index contributed by atoms with van der Waals surface area (Å²) in [6.07, 6.45) is 0. The summed E-state index contributed by atoms with van der Waals surface area (Å²) in [6.45, 7) is 5.80. The van der Waals surface area contributed by atoms with Gasteiger partial charge in [0, 0.05) is 5.41 Å². The van der Waals surface area contributed by atoms with Gasteiger partial charge in [0.15, 0.2) is 10.5 Å². The number of oxazole rings is 1. The quantitative estimate of drug-likeness (QED) is 0.754. The number of benzene rings is 2. The third kappa shape index (κ3) is 3.34. The zero-order chi connectivity index (χ0) is 18.4. The number of nitrogens with one attached hydrogen (secondary N) is 1. The summed E-state index contributed by atoms with van der Waals surface area (Å²) in [4.78, 5) is 3.31. The molecule has 0 fully saturated rings. The Bertz CT molecular complexity index is 1030. The van der Waals surface area contributed by atoms with Crippen LogP contribution in [0.25, 0.3) is 11.1 Å². The number of nitrogens with zero attached hydrogens (tertiary/aromatic N) is 1. The van der Waals surface area contributed by atoms with Crippen LogP contribution in [0.4, 0.5) is 14.5 Å². The van der Waals surface area contributed by atoms with Gasteiger partial charge >= 0.3 is 0 Å². The number of aromatic nitrogens is 1. The second-order valence-corrected chi connectivity index (χ2v) is 8.23. The molecule has 0 spiro atoms. The molecule has 0 saturated carbocycles. The summed E-state index contributed by atoms with van der Waals surface area (Å²) >= 11 is 0. The fourth-order valence-corrected chi connectivity index (χ4v) is 3.45. The third-order valence-electron chi connectivity index (χ3n) is 3.47. The lowest BCUT2D eigenvalue weighted by atomic mass is 9.97. The molecule has 0 unspecified atom stereocenters. The molecule has 1 heterocycles. The summed E-state index contributed by atoms with van der Waals surface area (Å²) < 4.78 is 59.9. The van der Waals surface area contributed by atoms with E-state index in [-0.39, 0.29) is 11.1 Å². The fourth-order valence-electron chi connectivity index (χ4n) is 2.26. The highest BCUT2D eigenvalue weighted by molar-refractivity contribution is 7.92. The van der Waals surface area contributed by atoms with Crippen LogP contribution >= 0.6 is 0 Å². The Hall–Kier alpha value is -2.48. The Morgan fingerprint density at radius 2 is 1.72 bits per heavy atom.